The summed E-state index contributed by atoms with van der Waals surface area (Å²) >= 11 is 0. The van der Waals surface area contributed by atoms with Crippen LogP contribution in [0.15, 0.2) is 24.9 Å². The lowest BCUT2D eigenvalue weighted by atomic mass is 10.1. The molecule has 0 saturated heterocycles. The molecule has 0 aliphatic heterocycles. The van der Waals surface area contributed by atoms with E-state index in [2.05, 4.69) is 16.8 Å². The third kappa shape index (κ3) is 1.16. The number of aromatic nitrogens is 3. The van der Waals surface area contributed by atoms with Gasteiger partial charge >= 0.3 is 0 Å². The van der Waals surface area contributed by atoms with E-state index < -0.39 is 0 Å². The van der Waals surface area contributed by atoms with E-state index in [0.29, 0.717) is 5.95 Å². The van der Waals surface area contributed by atoms with Gasteiger partial charge in [-0.15, -0.1) is 10.2 Å². The van der Waals surface area contributed by atoms with Gasteiger partial charge in [-0.1, -0.05) is 6.58 Å². The second kappa shape index (κ2) is 2.58. The minimum absolute atomic E-state index is 0.401. The van der Waals surface area contributed by atoms with E-state index in [-0.39, 0.29) is 0 Å². The fourth-order valence-corrected chi connectivity index (χ4v) is 1.16. The van der Waals surface area contributed by atoms with Gasteiger partial charge in [-0.05, 0) is 30.2 Å². The van der Waals surface area contributed by atoms with Gasteiger partial charge < -0.3 is 5.73 Å². The van der Waals surface area contributed by atoms with Gasteiger partial charge in [0.05, 0.1) is 0 Å². The molecule has 0 radical (unpaired) electrons. The molecule has 0 atom stereocenters. The van der Waals surface area contributed by atoms with Gasteiger partial charge in [0.15, 0.2) is 5.65 Å². The standard InChI is InChI=1S/C9H10N4/c1-6(2)7-3-4-8-11-12-9(10)13(8)5-7/h3-5H,1H2,2H3,(H2,10,12). The number of allylic oxidation sites excluding steroid dienone is 1. The highest BCUT2D eigenvalue weighted by Crippen LogP contribution is 2.13. The van der Waals surface area contributed by atoms with Gasteiger partial charge in [0.1, 0.15) is 0 Å². The summed E-state index contributed by atoms with van der Waals surface area (Å²) < 4.78 is 1.74. The Labute approximate surface area is 75.7 Å². The highest BCUT2D eigenvalue weighted by atomic mass is 15.3. The molecule has 13 heavy (non-hydrogen) atoms. The van der Waals surface area contributed by atoms with E-state index in [1.807, 2.05) is 25.3 Å². The number of fused-ring (bicyclic) bond motifs is 1. The van der Waals surface area contributed by atoms with Crippen LogP contribution in [-0.4, -0.2) is 14.6 Å². The molecule has 0 unspecified atom stereocenters. The summed E-state index contributed by atoms with van der Waals surface area (Å²) in [4.78, 5) is 0. The van der Waals surface area contributed by atoms with Gasteiger partial charge in [-0.25, -0.2) is 0 Å². The first-order chi connectivity index (χ1) is 6.18. The van der Waals surface area contributed by atoms with Gasteiger partial charge in [-0.3, -0.25) is 4.40 Å². The SMILES string of the molecule is C=C(C)c1ccc2nnc(N)n2c1. The van der Waals surface area contributed by atoms with Crippen molar-refractivity contribution in [2.45, 2.75) is 6.92 Å². The third-order valence-electron chi connectivity index (χ3n) is 1.92. The molecule has 0 aliphatic carbocycles. The largest absolute Gasteiger partial charge is 0.368 e. The average molecular weight is 174 g/mol. The van der Waals surface area contributed by atoms with E-state index in [4.69, 9.17) is 5.73 Å². The quantitative estimate of drug-likeness (QED) is 0.709. The smallest absolute Gasteiger partial charge is 0.226 e. The average Bonchev–Trinajstić information content (AvgIpc) is 2.47. The van der Waals surface area contributed by atoms with E-state index >= 15 is 0 Å². The second-order valence-corrected chi connectivity index (χ2v) is 2.98. The topological polar surface area (TPSA) is 56.2 Å². The molecule has 0 aliphatic rings. The van der Waals surface area contributed by atoms with Crippen LogP contribution in [0, 0.1) is 0 Å². The fourth-order valence-electron chi connectivity index (χ4n) is 1.16. The first-order valence-corrected chi connectivity index (χ1v) is 3.94. The van der Waals surface area contributed by atoms with Gasteiger partial charge in [0, 0.05) is 6.20 Å². The summed E-state index contributed by atoms with van der Waals surface area (Å²) in [5.74, 6) is 0.401. The van der Waals surface area contributed by atoms with Crippen molar-refractivity contribution in [3.63, 3.8) is 0 Å². The second-order valence-electron chi connectivity index (χ2n) is 2.98. The molecule has 2 heterocycles. The monoisotopic (exact) mass is 174 g/mol. The zero-order valence-electron chi connectivity index (χ0n) is 7.36. The summed E-state index contributed by atoms with van der Waals surface area (Å²) in [7, 11) is 0. The van der Waals surface area contributed by atoms with Crippen LogP contribution < -0.4 is 5.73 Å². The van der Waals surface area contributed by atoms with E-state index in [1.165, 1.54) is 0 Å². The number of nitrogens with two attached hydrogens (primary N) is 1. The highest BCUT2D eigenvalue weighted by molar-refractivity contribution is 5.62. The maximum Gasteiger partial charge on any atom is 0.226 e. The van der Waals surface area contributed by atoms with Crippen LogP contribution in [0.4, 0.5) is 5.95 Å². The van der Waals surface area contributed by atoms with E-state index in [0.717, 1.165) is 16.8 Å². The highest BCUT2D eigenvalue weighted by Gasteiger charge is 2.01. The Morgan fingerprint density at radius 1 is 1.46 bits per heavy atom. The Hall–Kier alpha value is -1.84. The number of rotatable bonds is 1. The number of hydrogen-bond donors (Lipinski definition) is 1. The van der Waals surface area contributed by atoms with Crippen molar-refractivity contribution in [3.8, 4) is 0 Å². The summed E-state index contributed by atoms with van der Waals surface area (Å²) in [6.07, 6.45) is 1.88. The number of anilines is 1. The molecular formula is C9H10N4. The lowest BCUT2D eigenvalue weighted by Crippen LogP contribution is -1.94. The van der Waals surface area contributed by atoms with Crippen molar-refractivity contribution in [2.75, 3.05) is 5.73 Å². The van der Waals surface area contributed by atoms with E-state index in [1.54, 1.807) is 4.40 Å². The minimum atomic E-state index is 0.401. The molecule has 4 heteroatoms. The maximum absolute atomic E-state index is 5.60. The molecule has 0 spiro atoms. The number of pyridine rings is 1. The molecule has 66 valence electrons. The predicted molar refractivity (Wildman–Crippen MR) is 52.1 cm³/mol. The lowest BCUT2D eigenvalue weighted by Gasteiger charge is -2.00. The summed E-state index contributed by atoms with van der Waals surface area (Å²) in [6.45, 7) is 5.80. The number of hydrogen-bond acceptors (Lipinski definition) is 3. The molecule has 0 amide bonds. The first-order valence-electron chi connectivity index (χ1n) is 3.94. The summed E-state index contributed by atoms with van der Waals surface area (Å²) in [6, 6.07) is 3.82. The Bertz CT molecular complexity index is 469. The molecule has 0 saturated carbocycles. The molecule has 0 fully saturated rings. The van der Waals surface area contributed by atoms with Crippen molar-refractivity contribution in [1.82, 2.24) is 14.6 Å². The Balaban J connectivity index is 2.72. The Morgan fingerprint density at radius 2 is 2.23 bits per heavy atom. The minimum Gasteiger partial charge on any atom is -0.368 e. The van der Waals surface area contributed by atoms with Gasteiger partial charge in [-0.2, -0.15) is 0 Å². The molecule has 0 aromatic carbocycles. The maximum atomic E-state index is 5.60. The molecular weight excluding hydrogens is 164 g/mol. The van der Waals surface area contributed by atoms with Gasteiger partial charge in [0.25, 0.3) is 0 Å². The molecule has 2 aromatic rings. The summed E-state index contributed by atoms with van der Waals surface area (Å²) in [5.41, 5.74) is 8.39. The number of nitrogens with zero attached hydrogens (tertiary/aromatic N) is 3. The zero-order valence-corrected chi connectivity index (χ0v) is 7.36. The van der Waals surface area contributed by atoms with Crippen molar-refractivity contribution in [1.29, 1.82) is 0 Å². The Kier molecular flexibility index (Phi) is 1.55. The molecule has 4 nitrogen and oxygen atoms in total. The molecule has 0 bridgehead atoms. The summed E-state index contributed by atoms with van der Waals surface area (Å²) in [5, 5.41) is 7.63. The lowest BCUT2D eigenvalue weighted by molar-refractivity contribution is 1.12. The normalized spacial score (nSPS) is 10.5. The molecule has 2 rings (SSSR count). The van der Waals surface area contributed by atoms with Crippen molar-refractivity contribution < 1.29 is 0 Å². The predicted octanol–water partition coefficient (Wildman–Crippen LogP) is 1.34. The molecule has 2 N–H and O–H groups in total. The first kappa shape index (κ1) is 7.79. The van der Waals surface area contributed by atoms with Crippen molar-refractivity contribution >= 4 is 17.2 Å². The van der Waals surface area contributed by atoms with Crippen LogP contribution in [0.5, 0.6) is 0 Å². The van der Waals surface area contributed by atoms with Crippen LogP contribution in [-0.2, 0) is 0 Å². The van der Waals surface area contributed by atoms with Gasteiger partial charge in [0.2, 0.25) is 5.95 Å². The fraction of sp³-hybridized carbons (Fsp3) is 0.111. The zero-order chi connectivity index (χ0) is 9.42. The number of nitrogen functional groups attached to an aromatic ring is 1. The Morgan fingerprint density at radius 3 is 2.92 bits per heavy atom. The third-order valence-corrected chi connectivity index (χ3v) is 1.92. The van der Waals surface area contributed by atoms with Crippen molar-refractivity contribution in [3.05, 3.63) is 30.5 Å². The van der Waals surface area contributed by atoms with Crippen LogP contribution in [0.1, 0.15) is 12.5 Å². The van der Waals surface area contributed by atoms with Crippen molar-refractivity contribution in [2.24, 2.45) is 0 Å². The molecule has 2 aromatic heterocycles. The van der Waals surface area contributed by atoms with Crippen LogP contribution in [0.25, 0.3) is 11.2 Å². The van der Waals surface area contributed by atoms with Crippen LogP contribution in [0.3, 0.4) is 0 Å². The van der Waals surface area contributed by atoms with Crippen LogP contribution in [0.2, 0.25) is 0 Å². The van der Waals surface area contributed by atoms with Crippen LogP contribution >= 0.6 is 0 Å². The van der Waals surface area contributed by atoms with E-state index in [9.17, 15) is 0 Å².